The van der Waals surface area contributed by atoms with Crippen LogP contribution < -0.4 is 14.2 Å². The lowest BCUT2D eigenvalue weighted by molar-refractivity contribution is 0.0655. The van der Waals surface area contributed by atoms with Crippen molar-refractivity contribution in [3.8, 4) is 17.2 Å². The number of ether oxygens (including phenoxy) is 3. The molecule has 0 spiro atoms. The maximum Gasteiger partial charge on any atom is 0.164 e. The molecule has 0 amide bonds. The van der Waals surface area contributed by atoms with Gasteiger partial charge in [-0.25, -0.2) is 0 Å². The normalized spacial score (nSPS) is 25.1. The summed E-state index contributed by atoms with van der Waals surface area (Å²) in [7, 11) is 5.05. The highest BCUT2D eigenvalue weighted by molar-refractivity contribution is 5.50. The van der Waals surface area contributed by atoms with Crippen molar-refractivity contribution in [2.24, 2.45) is 5.92 Å². The lowest BCUT2D eigenvalue weighted by atomic mass is 9.86. The van der Waals surface area contributed by atoms with E-state index in [9.17, 15) is 0 Å². The van der Waals surface area contributed by atoms with Gasteiger partial charge < -0.3 is 14.2 Å². The summed E-state index contributed by atoms with van der Waals surface area (Å²) in [6.45, 7) is 7.87. The summed E-state index contributed by atoms with van der Waals surface area (Å²) >= 11 is 0. The fourth-order valence-corrected chi connectivity index (χ4v) is 4.48. The van der Waals surface area contributed by atoms with Crippen LogP contribution >= 0.6 is 0 Å². The fourth-order valence-electron chi connectivity index (χ4n) is 4.48. The molecule has 1 saturated carbocycles. The summed E-state index contributed by atoms with van der Waals surface area (Å²) < 4.78 is 16.4. The van der Waals surface area contributed by atoms with Crippen molar-refractivity contribution in [2.45, 2.75) is 45.2 Å². The number of hydrogen-bond donors (Lipinski definition) is 0. The van der Waals surface area contributed by atoms with Gasteiger partial charge in [0.05, 0.1) is 21.3 Å². The zero-order valence-corrected chi connectivity index (χ0v) is 16.8. The third-order valence-corrected chi connectivity index (χ3v) is 6.01. The molecule has 0 aromatic heterocycles. The first kappa shape index (κ1) is 19.3. The number of piperazine rings is 1. The Kier molecular flexibility index (Phi) is 6.65. The van der Waals surface area contributed by atoms with Crippen LogP contribution in [0.5, 0.6) is 17.2 Å². The monoisotopic (exact) mass is 362 g/mol. The second-order valence-electron chi connectivity index (χ2n) is 7.76. The first-order chi connectivity index (χ1) is 12.6. The van der Waals surface area contributed by atoms with Gasteiger partial charge in [0.15, 0.2) is 11.5 Å². The molecular weight excluding hydrogens is 328 g/mol. The van der Waals surface area contributed by atoms with Crippen LogP contribution in [0.25, 0.3) is 0 Å². The second kappa shape index (κ2) is 8.96. The van der Waals surface area contributed by atoms with E-state index in [0.717, 1.165) is 48.7 Å². The molecule has 2 fully saturated rings. The second-order valence-corrected chi connectivity index (χ2v) is 7.76. The topological polar surface area (TPSA) is 34.2 Å². The molecule has 2 atom stereocenters. The van der Waals surface area contributed by atoms with Crippen molar-refractivity contribution >= 4 is 0 Å². The van der Waals surface area contributed by atoms with Crippen LogP contribution in [0.3, 0.4) is 0 Å². The van der Waals surface area contributed by atoms with Crippen LogP contribution in [-0.4, -0.2) is 63.4 Å². The van der Waals surface area contributed by atoms with Gasteiger partial charge >= 0.3 is 0 Å². The smallest absolute Gasteiger partial charge is 0.164 e. The number of methoxy groups -OCH3 is 3. The number of hydrogen-bond acceptors (Lipinski definition) is 5. The number of rotatable bonds is 6. The standard InChI is InChI=1S/C21H34N2O3/c1-16-6-5-7-18(12-16)23-10-8-22(9-11-23)15-17-13-20(25-3)21(26-4)14-19(17)24-2/h13-14,16,18H,5-12,15H2,1-4H3/t16-,18+/m1/s1. The Morgan fingerprint density at radius 2 is 1.54 bits per heavy atom. The van der Waals surface area contributed by atoms with Crippen LogP contribution in [0.4, 0.5) is 0 Å². The van der Waals surface area contributed by atoms with Crippen LogP contribution in [0, 0.1) is 5.92 Å². The molecule has 1 aliphatic carbocycles. The van der Waals surface area contributed by atoms with Crippen LogP contribution in [-0.2, 0) is 6.54 Å². The Bertz CT molecular complexity index is 585. The van der Waals surface area contributed by atoms with Gasteiger partial charge in [-0.05, 0) is 24.8 Å². The Labute approximate surface area is 158 Å². The molecule has 0 bridgehead atoms. The molecule has 1 aromatic rings. The van der Waals surface area contributed by atoms with Crippen molar-refractivity contribution in [1.29, 1.82) is 0 Å². The molecule has 146 valence electrons. The average molecular weight is 363 g/mol. The van der Waals surface area contributed by atoms with Crippen molar-refractivity contribution in [3.05, 3.63) is 17.7 Å². The summed E-state index contributed by atoms with van der Waals surface area (Å²) in [5, 5.41) is 0. The summed E-state index contributed by atoms with van der Waals surface area (Å²) in [5.74, 6) is 3.23. The molecule has 0 radical (unpaired) electrons. The lowest BCUT2D eigenvalue weighted by Gasteiger charge is -2.42. The lowest BCUT2D eigenvalue weighted by Crippen LogP contribution is -2.50. The third-order valence-electron chi connectivity index (χ3n) is 6.01. The van der Waals surface area contributed by atoms with Gasteiger partial charge in [0.1, 0.15) is 5.75 Å². The Balaban J connectivity index is 1.60. The SMILES string of the molecule is COc1cc(OC)c(OC)cc1CN1CCN([C@H]2CCC[C@@H](C)C2)CC1. The van der Waals surface area contributed by atoms with Crippen molar-refractivity contribution < 1.29 is 14.2 Å². The minimum atomic E-state index is 0.712. The summed E-state index contributed by atoms with van der Waals surface area (Å²) in [6.07, 6.45) is 5.57. The van der Waals surface area contributed by atoms with Gasteiger partial charge in [-0.2, -0.15) is 0 Å². The van der Waals surface area contributed by atoms with Gasteiger partial charge in [0, 0.05) is 50.4 Å². The quantitative estimate of drug-likeness (QED) is 0.775. The van der Waals surface area contributed by atoms with E-state index in [2.05, 4.69) is 16.7 Å². The molecule has 3 rings (SSSR count). The molecule has 2 aliphatic rings. The molecule has 5 nitrogen and oxygen atoms in total. The molecule has 1 saturated heterocycles. The first-order valence-electron chi connectivity index (χ1n) is 9.90. The zero-order valence-electron chi connectivity index (χ0n) is 16.8. The summed E-state index contributed by atoms with van der Waals surface area (Å²) in [4.78, 5) is 5.24. The molecule has 5 heteroatoms. The third kappa shape index (κ3) is 4.44. The average Bonchev–Trinajstić information content (AvgIpc) is 2.68. The van der Waals surface area contributed by atoms with Gasteiger partial charge in [0.25, 0.3) is 0 Å². The Morgan fingerprint density at radius 1 is 0.885 bits per heavy atom. The largest absolute Gasteiger partial charge is 0.496 e. The predicted octanol–water partition coefficient (Wildman–Crippen LogP) is 3.41. The van der Waals surface area contributed by atoms with E-state index < -0.39 is 0 Å². The molecule has 1 aliphatic heterocycles. The molecule has 0 unspecified atom stereocenters. The van der Waals surface area contributed by atoms with Gasteiger partial charge in [-0.3, -0.25) is 9.80 Å². The minimum Gasteiger partial charge on any atom is -0.496 e. The summed E-state index contributed by atoms with van der Waals surface area (Å²) in [6, 6.07) is 4.78. The Hall–Kier alpha value is -1.46. The van der Waals surface area contributed by atoms with E-state index >= 15 is 0 Å². The van der Waals surface area contributed by atoms with Gasteiger partial charge in [-0.15, -0.1) is 0 Å². The molecular formula is C21H34N2O3. The van der Waals surface area contributed by atoms with Crippen molar-refractivity contribution in [3.63, 3.8) is 0 Å². The van der Waals surface area contributed by atoms with Gasteiger partial charge in [0.2, 0.25) is 0 Å². The molecule has 1 aromatic carbocycles. The van der Waals surface area contributed by atoms with E-state index in [1.807, 2.05) is 12.1 Å². The maximum atomic E-state index is 5.58. The number of benzene rings is 1. The van der Waals surface area contributed by atoms with Crippen LogP contribution in [0.15, 0.2) is 12.1 Å². The minimum absolute atomic E-state index is 0.712. The molecule has 0 N–H and O–H groups in total. The summed E-state index contributed by atoms with van der Waals surface area (Å²) in [5.41, 5.74) is 1.16. The molecule has 1 heterocycles. The predicted molar refractivity (Wildman–Crippen MR) is 104 cm³/mol. The first-order valence-corrected chi connectivity index (χ1v) is 9.90. The zero-order chi connectivity index (χ0) is 18.5. The van der Waals surface area contributed by atoms with Crippen LogP contribution in [0.2, 0.25) is 0 Å². The van der Waals surface area contributed by atoms with Gasteiger partial charge in [-0.1, -0.05) is 19.8 Å². The highest BCUT2D eigenvalue weighted by atomic mass is 16.5. The fraction of sp³-hybridized carbons (Fsp3) is 0.714. The van der Waals surface area contributed by atoms with E-state index in [1.165, 1.54) is 38.8 Å². The maximum absolute atomic E-state index is 5.58. The highest BCUT2D eigenvalue weighted by Gasteiger charge is 2.28. The highest BCUT2D eigenvalue weighted by Crippen LogP contribution is 2.35. The molecule has 26 heavy (non-hydrogen) atoms. The van der Waals surface area contributed by atoms with E-state index in [4.69, 9.17) is 14.2 Å². The van der Waals surface area contributed by atoms with E-state index in [0.29, 0.717) is 5.75 Å². The number of nitrogens with zero attached hydrogens (tertiary/aromatic N) is 2. The van der Waals surface area contributed by atoms with E-state index in [-0.39, 0.29) is 0 Å². The van der Waals surface area contributed by atoms with E-state index in [1.54, 1.807) is 21.3 Å². The van der Waals surface area contributed by atoms with Crippen molar-refractivity contribution in [1.82, 2.24) is 9.80 Å². The van der Waals surface area contributed by atoms with Crippen LogP contribution in [0.1, 0.15) is 38.2 Å². The van der Waals surface area contributed by atoms with Crippen molar-refractivity contribution in [2.75, 3.05) is 47.5 Å². The Morgan fingerprint density at radius 3 is 2.15 bits per heavy atom.